The third-order valence-corrected chi connectivity index (χ3v) is 6.14. The predicted molar refractivity (Wildman–Crippen MR) is 93.5 cm³/mol. The minimum Gasteiger partial charge on any atom is -0.171 e. The fourth-order valence-corrected chi connectivity index (χ4v) is 4.60. The lowest BCUT2D eigenvalue weighted by Crippen LogP contribution is -2.25. The summed E-state index contributed by atoms with van der Waals surface area (Å²) in [5.41, 5.74) is 0. The van der Waals surface area contributed by atoms with Crippen molar-refractivity contribution in [1.82, 2.24) is 0 Å². The minimum atomic E-state index is -4.07. The van der Waals surface area contributed by atoms with Gasteiger partial charge in [0.2, 0.25) is 0 Å². The average molecular weight is 342 g/mol. The molecule has 0 bridgehead atoms. The quantitative estimate of drug-likeness (QED) is 0.466. The third kappa shape index (κ3) is 7.08. The molecule has 0 aromatic carbocycles. The van der Waals surface area contributed by atoms with Gasteiger partial charge in [0.1, 0.15) is 0 Å². The van der Waals surface area contributed by atoms with Crippen LogP contribution in [0.2, 0.25) is 0 Å². The number of hydrogen-bond donors (Lipinski definition) is 0. The van der Waals surface area contributed by atoms with Gasteiger partial charge in [-0.05, 0) is 56.3 Å². The SMILES string of the molecule is CCCCC1CCC(C2CCC(C#CCCC(F)(F)F)CC2)CC1. The zero-order valence-corrected chi connectivity index (χ0v) is 15.1. The second-order valence-electron chi connectivity index (χ2n) is 7.97. The molecule has 0 spiro atoms. The van der Waals surface area contributed by atoms with E-state index >= 15 is 0 Å². The topological polar surface area (TPSA) is 0 Å². The van der Waals surface area contributed by atoms with Crippen LogP contribution in [0.25, 0.3) is 0 Å². The molecule has 0 saturated heterocycles. The van der Waals surface area contributed by atoms with Crippen LogP contribution in [-0.2, 0) is 0 Å². The standard InChI is InChI=1S/C21H33F3/c1-2-3-6-17-8-12-19(13-9-17)20-14-10-18(11-15-20)7-4-5-16-21(22,23)24/h17-20H,2-3,5-6,8-16H2,1H3. The molecule has 2 aliphatic carbocycles. The Bertz CT molecular complexity index is 399. The van der Waals surface area contributed by atoms with Crippen LogP contribution in [0.15, 0.2) is 0 Å². The molecule has 2 fully saturated rings. The van der Waals surface area contributed by atoms with Crippen molar-refractivity contribution in [1.29, 1.82) is 0 Å². The third-order valence-electron chi connectivity index (χ3n) is 6.14. The van der Waals surface area contributed by atoms with Crippen LogP contribution in [0.3, 0.4) is 0 Å². The summed E-state index contributed by atoms with van der Waals surface area (Å²) in [7, 11) is 0. The lowest BCUT2D eigenvalue weighted by molar-refractivity contribution is -0.133. The normalized spacial score (nSPS) is 31.3. The highest BCUT2D eigenvalue weighted by molar-refractivity contribution is 5.05. The first-order chi connectivity index (χ1) is 11.5. The Kier molecular flexibility index (Phi) is 7.98. The lowest BCUT2D eigenvalue weighted by Gasteiger charge is -2.37. The van der Waals surface area contributed by atoms with Crippen LogP contribution in [0.5, 0.6) is 0 Å². The summed E-state index contributed by atoms with van der Waals surface area (Å²) < 4.78 is 36.3. The zero-order valence-electron chi connectivity index (χ0n) is 15.1. The summed E-state index contributed by atoms with van der Waals surface area (Å²) in [4.78, 5) is 0. The van der Waals surface area contributed by atoms with Crippen LogP contribution in [0.1, 0.15) is 90.4 Å². The summed E-state index contributed by atoms with van der Waals surface area (Å²) in [6, 6.07) is 0. The molecule has 24 heavy (non-hydrogen) atoms. The van der Waals surface area contributed by atoms with Crippen molar-refractivity contribution in [3.63, 3.8) is 0 Å². The molecule has 0 unspecified atom stereocenters. The van der Waals surface area contributed by atoms with E-state index in [9.17, 15) is 13.2 Å². The molecule has 0 atom stereocenters. The first-order valence-electron chi connectivity index (χ1n) is 10.0. The van der Waals surface area contributed by atoms with Crippen molar-refractivity contribution in [2.75, 3.05) is 0 Å². The molecule has 0 aliphatic heterocycles. The maximum absolute atomic E-state index is 12.1. The van der Waals surface area contributed by atoms with Gasteiger partial charge < -0.3 is 0 Å². The summed E-state index contributed by atoms with van der Waals surface area (Å²) >= 11 is 0. The van der Waals surface area contributed by atoms with Gasteiger partial charge >= 0.3 is 6.18 Å². The summed E-state index contributed by atoms with van der Waals surface area (Å²) in [5, 5.41) is 0. The number of rotatable bonds is 5. The van der Waals surface area contributed by atoms with Crippen molar-refractivity contribution in [3.8, 4) is 11.8 Å². The fourth-order valence-electron chi connectivity index (χ4n) is 4.60. The summed E-state index contributed by atoms with van der Waals surface area (Å²) in [6.45, 7) is 2.27. The van der Waals surface area contributed by atoms with E-state index in [1.807, 2.05) is 0 Å². The van der Waals surface area contributed by atoms with Gasteiger partial charge in [0.05, 0.1) is 6.42 Å². The molecule has 0 radical (unpaired) electrons. The minimum absolute atomic E-state index is 0.0365. The van der Waals surface area contributed by atoms with Crippen LogP contribution in [-0.4, -0.2) is 6.18 Å². The number of hydrogen-bond acceptors (Lipinski definition) is 0. The Morgan fingerprint density at radius 2 is 1.46 bits per heavy atom. The Balaban J connectivity index is 1.64. The van der Waals surface area contributed by atoms with E-state index in [-0.39, 0.29) is 6.42 Å². The highest BCUT2D eigenvalue weighted by atomic mass is 19.4. The fraction of sp³-hybridized carbons (Fsp3) is 0.905. The van der Waals surface area contributed by atoms with Gasteiger partial charge in [-0.3, -0.25) is 0 Å². The van der Waals surface area contributed by atoms with Gasteiger partial charge in [-0.1, -0.05) is 44.9 Å². The first kappa shape index (κ1) is 19.7. The van der Waals surface area contributed by atoms with Crippen LogP contribution < -0.4 is 0 Å². The van der Waals surface area contributed by atoms with E-state index < -0.39 is 12.6 Å². The largest absolute Gasteiger partial charge is 0.390 e. The molecule has 3 heteroatoms. The Morgan fingerprint density at radius 1 is 0.875 bits per heavy atom. The van der Waals surface area contributed by atoms with Crippen LogP contribution in [0.4, 0.5) is 13.2 Å². The number of unbranched alkanes of at least 4 members (excludes halogenated alkanes) is 1. The van der Waals surface area contributed by atoms with Crippen LogP contribution >= 0.6 is 0 Å². The smallest absolute Gasteiger partial charge is 0.171 e. The van der Waals surface area contributed by atoms with Gasteiger partial charge in [-0.15, -0.1) is 5.92 Å². The summed E-state index contributed by atoms with van der Waals surface area (Å²) in [6.07, 6.45) is 9.56. The van der Waals surface area contributed by atoms with E-state index in [1.54, 1.807) is 0 Å². The van der Waals surface area contributed by atoms with E-state index in [4.69, 9.17) is 0 Å². The monoisotopic (exact) mass is 342 g/mol. The lowest BCUT2D eigenvalue weighted by atomic mass is 9.69. The Labute approximate surface area is 146 Å². The molecule has 2 aliphatic rings. The van der Waals surface area contributed by atoms with E-state index in [0.29, 0.717) is 5.92 Å². The van der Waals surface area contributed by atoms with Crippen molar-refractivity contribution >= 4 is 0 Å². The predicted octanol–water partition coefficient (Wildman–Crippen LogP) is 7.14. The molecule has 0 N–H and O–H groups in total. The number of halogens is 3. The van der Waals surface area contributed by atoms with E-state index in [1.165, 1.54) is 57.8 Å². The van der Waals surface area contributed by atoms with Gasteiger partial charge in [0.25, 0.3) is 0 Å². The molecule has 0 heterocycles. The highest BCUT2D eigenvalue weighted by Gasteiger charge is 2.30. The molecule has 0 aromatic rings. The second-order valence-corrected chi connectivity index (χ2v) is 7.97. The first-order valence-corrected chi connectivity index (χ1v) is 10.0. The molecule has 2 rings (SSSR count). The molecular formula is C21H33F3. The maximum Gasteiger partial charge on any atom is 0.390 e. The molecule has 0 nitrogen and oxygen atoms in total. The molecular weight excluding hydrogens is 309 g/mol. The van der Waals surface area contributed by atoms with E-state index in [2.05, 4.69) is 18.8 Å². The van der Waals surface area contributed by atoms with Gasteiger partial charge in [-0.2, -0.15) is 13.2 Å². The zero-order chi connectivity index (χ0) is 17.4. The van der Waals surface area contributed by atoms with Crippen molar-refractivity contribution in [2.45, 2.75) is 96.6 Å². The molecule has 2 saturated carbocycles. The van der Waals surface area contributed by atoms with Gasteiger partial charge in [0.15, 0.2) is 0 Å². The van der Waals surface area contributed by atoms with Gasteiger partial charge in [0, 0.05) is 12.3 Å². The maximum atomic E-state index is 12.1. The summed E-state index contributed by atoms with van der Waals surface area (Å²) in [5.74, 6) is 8.93. The van der Waals surface area contributed by atoms with E-state index in [0.717, 1.165) is 30.6 Å². The average Bonchev–Trinajstić information content (AvgIpc) is 2.57. The van der Waals surface area contributed by atoms with Crippen molar-refractivity contribution < 1.29 is 13.2 Å². The molecule has 0 aromatic heterocycles. The Morgan fingerprint density at radius 3 is 2.00 bits per heavy atom. The Hall–Kier alpha value is -0.650. The second kappa shape index (κ2) is 9.73. The van der Waals surface area contributed by atoms with Gasteiger partial charge in [-0.25, -0.2) is 0 Å². The molecule has 138 valence electrons. The van der Waals surface area contributed by atoms with Crippen molar-refractivity contribution in [3.05, 3.63) is 0 Å². The highest BCUT2D eigenvalue weighted by Crippen LogP contribution is 2.42. The van der Waals surface area contributed by atoms with Crippen molar-refractivity contribution in [2.24, 2.45) is 23.7 Å². The van der Waals surface area contributed by atoms with Crippen LogP contribution in [0, 0.1) is 35.5 Å². The molecule has 0 amide bonds. The number of alkyl halides is 3.